The number of nitrogens with zero attached hydrogens (tertiary/aromatic N) is 3. The van der Waals surface area contributed by atoms with Crippen molar-refractivity contribution in [2.75, 3.05) is 6.54 Å². The van der Waals surface area contributed by atoms with Crippen LogP contribution >= 0.6 is 11.3 Å². The highest BCUT2D eigenvalue weighted by atomic mass is 32.1. The van der Waals surface area contributed by atoms with Gasteiger partial charge in [-0.05, 0) is 24.6 Å². The number of ether oxygens (including phenoxy) is 1. The second-order valence-corrected chi connectivity index (χ2v) is 6.14. The van der Waals surface area contributed by atoms with Crippen LogP contribution in [-0.2, 0) is 20.2 Å². The number of hydrogen-bond donors (Lipinski definition) is 1. The summed E-state index contributed by atoms with van der Waals surface area (Å²) in [4.78, 5) is 6.54. The van der Waals surface area contributed by atoms with Gasteiger partial charge >= 0.3 is 6.01 Å². The van der Waals surface area contributed by atoms with E-state index in [1.165, 1.54) is 9.75 Å². The summed E-state index contributed by atoms with van der Waals surface area (Å²) in [5.41, 5.74) is 0. The molecule has 5 nitrogen and oxygen atoms in total. The highest BCUT2D eigenvalue weighted by Crippen LogP contribution is 2.17. The standard InChI is InChI=1S/C13H20N4OS/c1-10(2)6-14-7-11-4-5-12(19-11)8-18-13-15-9-17(3)16-13/h4-5,9-10,14H,6-8H2,1-3H3. The molecule has 0 unspecified atom stereocenters. The molecule has 0 bridgehead atoms. The highest BCUT2D eigenvalue weighted by molar-refractivity contribution is 7.11. The van der Waals surface area contributed by atoms with Crippen LogP contribution in [0.1, 0.15) is 23.6 Å². The first-order valence-corrected chi connectivity index (χ1v) is 7.22. The molecule has 1 N–H and O–H groups in total. The summed E-state index contributed by atoms with van der Waals surface area (Å²) >= 11 is 1.76. The Labute approximate surface area is 117 Å². The molecule has 2 heterocycles. The topological polar surface area (TPSA) is 52.0 Å². The summed E-state index contributed by atoms with van der Waals surface area (Å²) in [7, 11) is 1.82. The Morgan fingerprint density at radius 1 is 1.37 bits per heavy atom. The maximum atomic E-state index is 5.52. The van der Waals surface area contributed by atoms with E-state index >= 15 is 0 Å². The van der Waals surface area contributed by atoms with Crippen molar-refractivity contribution in [3.63, 3.8) is 0 Å². The van der Waals surface area contributed by atoms with Gasteiger partial charge in [-0.3, -0.25) is 4.68 Å². The molecule has 2 rings (SSSR count). The molecule has 0 saturated carbocycles. The molecule has 0 fully saturated rings. The van der Waals surface area contributed by atoms with Gasteiger partial charge in [-0.25, -0.2) is 0 Å². The number of aryl methyl sites for hydroxylation is 1. The first-order valence-electron chi connectivity index (χ1n) is 6.40. The molecule has 0 amide bonds. The SMILES string of the molecule is CC(C)CNCc1ccc(COc2ncn(C)n2)s1. The Balaban J connectivity index is 1.77. The quantitative estimate of drug-likeness (QED) is 0.845. The molecular weight excluding hydrogens is 260 g/mol. The fourth-order valence-corrected chi connectivity index (χ4v) is 2.50. The lowest BCUT2D eigenvalue weighted by Crippen LogP contribution is -2.18. The van der Waals surface area contributed by atoms with E-state index in [-0.39, 0.29) is 0 Å². The van der Waals surface area contributed by atoms with Gasteiger partial charge in [0.25, 0.3) is 0 Å². The lowest BCUT2D eigenvalue weighted by atomic mass is 10.2. The van der Waals surface area contributed by atoms with Crippen LogP contribution in [0.4, 0.5) is 0 Å². The molecule has 0 spiro atoms. The van der Waals surface area contributed by atoms with E-state index in [2.05, 4.69) is 41.4 Å². The number of rotatable bonds is 7. The average molecular weight is 280 g/mol. The zero-order valence-electron chi connectivity index (χ0n) is 11.6. The van der Waals surface area contributed by atoms with Gasteiger partial charge in [-0.2, -0.15) is 4.98 Å². The lowest BCUT2D eigenvalue weighted by Gasteiger charge is -2.05. The number of aromatic nitrogens is 3. The molecule has 19 heavy (non-hydrogen) atoms. The van der Waals surface area contributed by atoms with Crippen LogP contribution in [-0.4, -0.2) is 21.3 Å². The van der Waals surface area contributed by atoms with Crippen LogP contribution in [0.25, 0.3) is 0 Å². The maximum Gasteiger partial charge on any atom is 0.335 e. The van der Waals surface area contributed by atoms with Crippen LogP contribution in [0.15, 0.2) is 18.5 Å². The van der Waals surface area contributed by atoms with Crippen molar-refractivity contribution in [2.45, 2.75) is 27.0 Å². The largest absolute Gasteiger partial charge is 0.457 e. The summed E-state index contributed by atoms with van der Waals surface area (Å²) in [5, 5.41) is 7.51. The van der Waals surface area contributed by atoms with E-state index < -0.39 is 0 Å². The Bertz CT molecular complexity index is 506. The maximum absolute atomic E-state index is 5.52. The van der Waals surface area contributed by atoms with Gasteiger partial charge in [0.2, 0.25) is 0 Å². The second kappa shape index (κ2) is 6.68. The Morgan fingerprint density at radius 2 is 2.16 bits per heavy atom. The molecule has 0 aliphatic rings. The van der Waals surface area contributed by atoms with E-state index in [9.17, 15) is 0 Å². The molecule has 104 valence electrons. The van der Waals surface area contributed by atoms with E-state index in [0.717, 1.165) is 13.1 Å². The van der Waals surface area contributed by atoms with Crippen LogP contribution in [0.5, 0.6) is 6.01 Å². The number of thiophene rings is 1. The van der Waals surface area contributed by atoms with Crippen LogP contribution in [0.3, 0.4) is 0 Å². The molecule has 2 aromatic heterocycles. The zero-order chi connectivity index (χ0) is 13.7. The van der Waals surface area contributed by atoms with Crippen LogP contribution in [0.2, 0.25) is 0 Å². The van der Waals surface area contributed by atoms with Gasteiger partial charge < -0.3 is 10.1 Å². The smallest absolute Gasteiger partial charge is 0.335 e. The van der Waals surface area contributed by atoms with Crippen LogP contribution < -0.4 is 10.1 Å². The normalized spacial score (nSPS) is 11.2. The first kappa shape index (κ1) is 14.0. The lowest BCUT2D eigenvalue weighted by molar-refractivity contribution is 0.283. The summed E-state index contributed by atoms with van der Waals surface area (Å²) in [6, 6.07) is 4.66. The van der Waals surface area contributed by atoms with Gasteiger partial charge in [-0.1, -0.05) is 13.8 Å². The van der Waals surface area contributed by atoms with E-state index in [1.807, 2.05) is 7.05 Å². The van der Waals surface area contributed by atoms with Gasteiger partial charge in [0.05, 0.1) is 0 Å². The van der Waals surface area contributed by atoms with E-state index in [1.54, 1.807) is 22.3 Å². The van der Waals surface area contributed by atoms with Crippen molar-refractivity contribution in [2.24, 2.45) is 13.0 Å². The minimum Gasteiger partial charge on any atom is -0.457 e. The Hall–Kier alpha value is -1.40. The minimum atomic E-state index is 0.426. The third-order valence-electron chi connectivity index (χ3n) is 2.49. The van der Waals surface area contributed by atoms with Gasteiger partial charge in [0.15, 0.2) is 0 Å². The first-order chi connectivity index (χ1) is 9.13. The fraction of sp³-hybridized carbons (Fsp3) is 0.538. The second-order valence-electron chi connectivity index (χ2n) is 4.88. The third kappa shape index (κ3) is 4.65. The molecule has 0 aliphatic heterocycles. The monoisotopic (exact) mass is 280 g/mol. The Kier molecular flexibility index (Phi) is 4.93. The molecular formula is C13H20N4OS. The van der Waals surface area contributed by atoms with Crippen molar-refractivity contribution in [1.82, 2.24) is 20.1 Å². The molecule has 0 atom stereocenters. The van der Waals surface area contributed by atoms with Gasteiger partial charge in [0.1, 0.15) is 12.9 Å². The minimum absolute atomic E-state index is 0.426. The van der Waals surface area contributed by atoms with E-state index in [0.29, 0.717) is 18.5 Å². The van der Waals surface area contributed by atoms with Crippen molar-refractivity contribution >= 4 is 11.3 Å². The zero-order valence-corrected chi connectivity index (χ0v) is 12.4. The molecule has 6 heteroatoms. The number of nitrogens with one attached hydrogen (secondary N) is 1. The fourth-order valence-electron chi connectivity index (χ4n) is 1.60. The molecule has 0 aromatic carbocycles. The van der Waals surface area contributed by atoms with Crippen molar-refractivity contribution in [3.05, 3.63) is 28.2 Å². The predicted molar refractivity (Wildman–Crippen MR) is 76.2 cm³/mol. The summed E-state index contributed by atoms with van der Waals surface area (Å²) in [6.45, 7) is 6.91. The van der Waals surface area contributed by atoms with Crippen LogP contribution in [0, 0.1) is 5.92 Å². The third-order valence-corrected chi connectivity index (χ3v) is 3.55. The summed E-state index contributed by atoms with van der Waals surface area (Å²) in [5.74, 6) is 0.679. The summed E-state index contributed by atoms with van der Waals surface area (Å²) < 4.78 is 7.15. The average Bonchev–Trinajstić information content (AvgIpc) is 2.95. The Morgan fingerprint density at radius 3 is 2.84 bits per heavy atom. The van der Waals surface area contributed by atoms with E-state index in [4.69, 9.17) is 4.74 Å². The van der Waals surface area contributed by atoms with Crippen molar-refractivity contribution in [3.8, 4) is 6.01 Å². The highest BCUT2D eigenvalue weighted by Gasteiger charge is 2.04. The molecule has 0 saturated heterocycles. The predicted octanol–water partition coefficient (Wildman–Crippen LogP) is 2.20. The van der Waals surface area contributed by atoms with Crippen molar-refractivity contribution < 1.29 is 4.74 Å². The summed E-state index contributed by atoms with van der Waals surface area (Å²) in [6.07, 6.45) is 1.63. The van der Waals surface area contributed by atoms with Gasteiger partial charge in [-0.15, -0.1) is 16.4 Å². The molecule has 2 aromatic rings. The van der Waals surface area contributed by atoms with Gasteiger partial charge in [0, 0.05) is 23.3 Å². The molecule has 0 aliphatic carbocycles. The molecule has 0 radical (unpaired) electrons. The number of hydrogen-bond acceptors (Lipinski definition) is 5. The van der Waals surface area contributed by atoms with Crippen molar-refractivity contribution in [1.29, 1.82) is 0 Å².